The fourth-order valence-electron chi connectivity index (χ4n) is 13.7. The average molecular weight is 1170 g/mol. The third kappa shape index (κ3) is 17.4. The number of carbonyl (C=O) groups is 4. The Morgan fingerprint density at radius 3 is 2.20 bits per heavy atom. The summed E-state index contributed by atoms with van der Waals surface area (Å²) in [6.07, 6.45) is -0.501. The molecule has 2 spiro atoms. The molecule has 5 fully saturated rings. The minimum atomic E-state index is -2.29. The minimum Gasteiger partial charge on any atom is -0.462 e. The highest BCUT2D eigenvalue weighted by Gasteiger charge is 2.57. The maximum absolute atomic E-state index is 14.4. The Morgan fingerprint density at radius 1 is 0.831 bits per heavy atom. The quantitative estimate of drug-likeness (QED) is 0.0653. The maximum Gasteiger partial charge on any atom is 0.308 e. The van der Waals surface area contributed by atoms with Crippen LogP contribution >= 0.6 is 0 Å². The number of esters is 3. The highest BCUT2D eigenvalue weighted by molar-refractivity contribution is 5.82. The monoisotopic (exact) mass is 1170 g/mol. The number of allylic oxidation sites excluding steroid dienone is 3. The summed E-state index contributed by atoms with van der Waals surface area (Å²) in [5.41, 5.74) is -0.406. The van der Waals surface area contributed by atoms with Gasteiger partial charge in [-0.05, 0) is 51.5 Å². The van der Waals surface area contributed by atoms with Crippen molar-refractivity contribution >= 4 is 23.7 Å². The Morgan fingerprint density at radius 2 is 1.51 bits per heavy atom. The van der Waals surface area contributed by atoms with Crippen LogP contribution < -0.4 is 0 Å². The highest BCUT2D eigenvalue weighted by Crippen LogP contribution is 2.48. The van der Waals surface area contributed by atoms with E-state index in [-0.39, 0.29) is 75.6 Å². The number of hydrogen-bond acceptors (Lipinski definition) is 20. The lowest BCUT2D eigenvalue weighted by Gasteiger charge is -2.52. The van der Waals surface area contributed by atoms with E-state index in [2.05, 4.69) is 19.7 Å². The van der Waals surface area contributed by atoms with Gasteiger partial charge in [-0.3, -0.25) is 19.2 Å². The van der Waals surface area contributed by atoms with Gasteiger partial charge in [0.2, 0.25) is 5.79 Å². The van der Waals surface area contributed by atoms with Crippen LogP contribution in [0.25, 0.3) is 0 Å². The minimum absolute atomic E-state index is 0.0117. The van der Waals surface area contributed by atoms with Crippen molar-refractivity contribution in [1.29, 1.82) is 0 Å². The molecule has 0 amide bonds. The van der Waals surface area contributed by atoms with E-state index in [1.54, 1.807) is 47.0 Å². The van der Waals surface area contributed by atoms with E-state index in [4.69, 9.17) is 47.4 Å². The normalized spacial score (nSPS) is 44.2. The van der Waals surface area contributed by atoms with Gasteiger partial charge in [-0.15, -0.1) is 0 Å². The van der Waals surface area contributed by atoms with Crippen LogP contribution in [-0.2, 0) is 66.5 Å². The van der Waals surface area contributed by atoms with E-state index in [0.29, 0.717) is 49.7 Å². The molecule has 0 aromatic rings. The van der Waals surface area contributed by atoms with Gasteiger partial charge in [0, 0.05) is 96.5 Å². The number of rotatable bonds is 9. The van der Waals surface area contributed by atoms with E-state index in [0.717, 1.165) is 0 Å². The Labute approximate surface area is 489 Å². The van der Waals surface area contributed by atoms with Crippen LogP contribution in [-0.4, -0.2) is 176 Å². The van der Waals surface area contributed by atoms with Crippen molar-refractivity contribution in [3.05, 3.63) is 73.4 Å². The van der Waals surface area contributed by atoms with Crippen LogP contribution in [0.2, 0.25) is 0 Å². The molecule has 20 heteroatoms. The van der Waals surface area contributed by atoms with Crippen LogP contribution in [0.4, 0.5) is 0 Å². The molecule has 0 saturated carbocycles. The summed E-state index contributed by atoms with van der Waals surface area (Å²) in [7, 11) is 1.58. The lowest BCUT2D eigenvalue weighted by molar-refractivity contribution is -0.349. The Bertz CT molecular complexity index is 2380. The average Bonchev–Trinajstić information content (AvgIpc) is 2.82. The third-order valence-electron chi connectivity index (χ3n) is 17.7. The first-order chi connectivity index (χ1) is 39.0. The molecule has 2 unspecified atom stereocenters. The predicted octanol–water partition coefficient (Wildman–Crippen LogP) is 6.15. The van der Waals surface area contributed by atoms with Crippen LogP contribution in [0, 0.1) is 23.7 Å². The topological polar surface area (TPSA) is 282 Å². The van der Waals surface area contributed by atoms with Gasteiger partial charge in [-0.2, -0.15) is 0 Å². The van der Waals surface area contributed by atoms with E-state index in [1.807, 2.05) is 19.1 Å². The summed E-state index contributed by atoms with van der Waals surface area (Å²) in [4.78, 5) is 54.2. The fraction of sp³-hybridized carbons (Fsp3) is 0.746. The highest BCUT2D eigenvalue weighted by atomic mass is 16.7. The van der Waals surface area contributed by atoms with E-state index in [9.17, 15) is 49.8 Å². The SMILES string of the molecule is C=C/C=C/[C@@H](O)CC(=C)C[C@H]1OC2[C@H](C)[C@@H](OC(=O)C[C@H]3C[C@H](OC(C)=O)C[C@@]4(C[C@@](C)(O)C[C@H](CC(=C)[C@@H](C)[C@H](OC(C)=O)[C@H](C)C(=O)C[C@@H]5C[C@H](OC)CC6(C[C@@H](O)C[C@H](/C=C\CCC[C@H]7O[C@](O)(C=C[C@H]7C)[C@H]2O)O6)O5)O4)O3)[C@@H]1O. The summed E-state index contributed by atoms with van der Waals surface area (Å²) < 4.78 is 63.5. The standard InChI is InChI=1S/C63H94O20/c1-12-13-17-43(66)22-35(2)23-53-55(70)57-40(7)58(77-53)59(71)63(73)21-20-36(3)52(83-63)19-16-14-15-18-45-25-44(67)30-61(79-45)32-48(74-11)26-46(80-61)28-51(68)39(6)56(76-42(9)65)38(5)37(4)24-50-31-60(10,72)34-62(82-50)33-49(75-41(8)64)27-47(81-62)29-54(69)78-57/h12-13,15,17-18,20-21,36,38-40,43-50,52-53,55-59,66-67,70-73H,1-2,4,14,16,19,22-34H2,3,5-11H3/b17-13+,18-15-/t36-,38-,39-,40-,43-,44+,45+,46+,47-,48+,49+,50+,52-,53-,55-,56+,57-,58?,59+,60+,61?,62-,63-/m1/s1. The first-order valence-electron chi connectivity index (χ1n) is 29.8. The van der Waals surface area contributed by atoms with Gasteiger partial charge in [0.25, 0.3) is 0 Å². The molecular formula is C63H94O20. The van der Waals surface area contributed by atoms with Gasteiger partial charge in [0.05, 0.1) is 79.0 Å². The Hall–Kier alpha value is -4.00. The lowest BCUT2D eigenvalue weighted by atomic mass is 9.78. The number of aliphatic hydroxyl groups excluding tert-OH is 4. The van der Waals surface area contributed by atoms with E-state index in [1.165, 1.54) is 32.1 Å². The fourth-order valence-corrected chi connectivity index (χ4v) is 13.7. The number of Topliss-reactive ketones (excluding diaryl/α,β-unsaturated/α-hetero) is 1. The van der Waals surface area contributed by atoms with Crippen molar-refractivity contribution in [1.82, 2.24) is 0 Å². The summed E-state index contributed by atoms with van der Waals surface area (Å²) in [5, 5.41) is 70.6. The van der Waals surface area contributed by atoms with Crippen molar-refractivity contribution in [3.63, 3.8) is 0 Å². The molecule has 5 saturated heterocycles. The van der Waals surface area contributed by atoms with Crippen LogP contribution in [0.1, 0.15) is 151 Å². The van der Waals surface area contributed by atoms with Gasteiger partial charge in [-0.1, -0.05) is 95.0 Å². The number of aliphatic hydroxyl groups is 6. The molecule has 83 heavy (non-hydrogen) atoms. The molecular weight excluding hydrogens is 1080 g/mol. The van der Waals surface area contributed by atoms with Crippen molar-refractivity contribution in [3.8, 4) is 0 Å². The molecule has 20 nitrogen and oxygen atoms in total. The second kappa shape index (κ2) is 28.2. The summed E-state index contributed by atoms with van der Waals surface area (Å²) in [6.45, 7) is 23.4. The number of methoxy groups -OCH3 is 1. The molecule has 7 aliphatic heterocycles. The summed E-state index contributed by atoms with van der Waals surface area (Å²) >= 11 is 0. The van der Waals surface area contributed by atoms with Gasteiger partial charge in [0.1, 0.15) is 36.3 Å². The van der Waals surface area contributed by atoms with Gasteiger partial charge < -0.3 is 78.0 Å². The predicted molar refractivity (Wildman–Crippen MR) is 301 cm³/mol. The molecule has 0 aromatic heterocycles. The zero-order chi connectivity index (χ0) is 60.8. The summed E-state index contributed by atoms with van der Waals surface area (Å²) in [6, 6.07) is 0. The zero-order valence-corrected chi connectivity index (χ0v) is 49.8. The van der Waals surface area contributed by atoms with E-state index < -0.39 is 151 Å². The Balaban J connectivity index is 1.21. The molecule has 7 heterocycles. The molecule has 23 atom stereocenters. The Kier molecular flexibility index (Phi) is 22.6. The molecule has 7 rings (SSSR count). The van der Waals surface area contributed by atoms with Crippen LogP contribution in [0.15, 0.2) is 73.4 Å². The first kappa shape index (κ1) is 66.5. The van der Waals surface area contributed by atoms with Crippen molar-refractivity contribution in [2.24, 2.45) is 23.7 Å². The number of ether oxygens (including phenoxy) is 10. The molecule has 466 valence electrons. The van der Waals surface area contributed by atoms with Crippen molar-refractivity contribution in [2.75, 3.05) is 7.11 Å². The van der Waals surface area contributed by atoms with Crippen LogP contribution in [0.3, 0.4) is 0 Å². The number of fused-ring (bicyclic) bond motifs is 8. The van der Waals surface area contributed by atoms with Gasteiger partial charge >= 0.3 is 17.9 Å². The largest absolute Gasteiger partial charge is 0.462 e. The van der Waals surface area contributed by atoms with Crippen molar-refractivity contribution < 1.29 is 97.2 Å². The van der Waals surface area contributed by atoms with Gasteiger partial charge in [0.15, 0.2) is 11.6 Å². The number of hydrogen-bond donors (Lipinski definition) is 6. The molecule has 7 aliphatic rings. The van der Waals surface area contributed by atoms with Crippen molar-refractivity contribution in [2.45, 2.75) is 266 Å². The van der Waals surface area contributed by atoms with Crippen LogP contribution in [0.5, 0.6) is 0 Å². The smallest absolute Gasteiger partial charge is 0.308 e. The lowest BCUT2D eigenvalue weighted by Crippen LogP contribution is -2.63. The second-order valence-corrected chi connectivity index (χ2v) is 25.2. The van der Waals surface area contributed by atoms with E-state index >= 15 is 0 Å². The molecule has 10 bridgehead atoms. The van der Waals surface area contributed by atoms with Gasteiger partial charge in [-0.25, -0.2) is 0 Å². The third-order valence-corrected chi connectivity index (χ3v) is 17.7. The zero-order valence-electron chi connectivity index (χ0n) is 49.8. The number of ketones is 1. The second-order valence-electron chi connectivity index (χ2n) is 25.2. The molecule has 6 N–H and O–H groups in total. The molecule has 0 aliphatic carbocycles. The molecule has 0 aromatic carbocycles. The first-order valence-corrected chi connectivity index (χ1v) is 29.8. The summed E-state index contributed by atoms with van der Waals surface area (Å²) in [5.74, 6) is -10.0. The maximum atomic E-state index is 14.4. The number of carbonyl (C=O) groups excluding carboxylic acids is 4. The molecule has 0 radical (unpaired) electrons.